The van der Waals surface area contributed by atoms with Gasteiger partial charge in [-0.3, -0.25) is 9.59 Å². The number of hydrogen-bond donors (Lipinski definition) is 2. The van der Waals surface area contributed by atoms with E-state index in [2.05, 4.69) is 20.8 Å². The first-order chi connectivity index (χ1) is 17.2. The number of alkyl halides is 3. The third-order valence-electron chi connectivity index (χ3n) is 5.97. The van der Waals surface area contributed by atoms with E-state index in [1.54, 1.807) is 31.2 Å². The number of anilines is 1. The smallest absolute Gasteiger partial charge is 0.348 e. The van der Waals surface area contributed by atoms with Gasteiger partial charge in [0.05, 0.1) is 27.9 Å². The van der Waals surface area contributed by atoms with Crippen LogP contribution < -0.4 is 10.6 Å². The van der Waals surface area contributed by atoms with E-state index in [9.17, 15) is 22.8 Å². The van der Waals surface area contributed by atoms with E-state index in [0.717, 1.165) is 24.5 Å². The number of carbonyl (C=O) groups is 2. The molecule has 0 aliphatic heterocycles. The topological polar surface area (TPSA) is 97.1 Å². The number of carbonyl (C=O) groups excluding carboxylic acids is 2. The van der Waals surface area contributed by atoms with Gasteiger partial charge in [-0.2, -0.15) is 13.2 Å². The first-order valence-electron chi connectivity index (χ1n) is 11.3. The maximum absolute atomic E-state index is 13.6. The monoisotopic (exact) mass is 494 g/mol. The molecule has 0 bridgehead atoms. The molecule has 2 aromatic heterocycles. The molecule has 0 atom stereocenters. The highest BCUT2D eigenvalue weighted by Gasteiger charge is 2.34. The Bertz CT molecular complexity index is 1480. The van der Waals surface area contributed by atoms with Crippen LogP contribution in [0, 0.1) is 12.8 Å². The average molecular weight is 494 g/mol. The molecule has 10 heteroatoms. The number of nitrogens with one attached hydrogen (secondary N) is 2. The van der Waals surface area contributed by atoms with Gasteiger partial charge in [-0.1, -0.05) is 35.5 Å². The van der Waals surface area contributed by atoms with Crippen molar-refractivity contribution in [1.29, 1.82) is 0 Å². The van der Waals surface area contributed by atoms with Crippen molar-refractivity contribution in [2.24, 2.45) is 5.92 Å². The lowest BCUT2D eigenvalue weighted by molar-refractivity contribution is -0.137. The van der Waals surface area contributed by atoms with Gasteiger partial charge in [0.15, 0.2) is 0 Å². The molecule has 4 aromatic rings. The Hall–Kier alpha value is -4.21. The summed E-state index contributed by atoms with van der Waals surface area (Å²) >= 11 is 0. The van der Waals surface area contributed by atoms with Gasteiger partial charge >= 0.3 is 6.18 Å². The molecule has 0 unspecified atom stereocenters. The van der Waals surface area contributed by atoms with Gasteiger partial charge in [-0.15, -0.1) is 0 Å². The van der Waals surface area contributed by atoms with Crippen molar-refractivity contribution in [3.63, 3.8) is 0 Å². The van der Waals surface area contributed by atoms with Gasteiger partial charge in [0.1, 0.15) is 0 Å². The fourth-order valence-electron chi connectivity index (χ4n) is 3.99. The van der Waals surface area contributed by atoms with E-state index < -0.39 is 17.6 Å². The number of nitrogens with zero attached hydrogens (tertiary/aromatic N) is 2. The second-order valence-electron chi connectivity index (χ2n) is 8.69. The van der Waals surface area contributed by atoms with E-state index in [4.69, 9.17) is 4.52 Å². The number of amides is 2. The summed E-state index contributed by atoms with van der Waals surface area (Å²) in [6.07, 6.45) is -2.83. The van der Waals surface area contributed by atoms with Crippen molar-refractivity contribution < 1.29 is 27.3 Å². The minimum Gasteiger partial charge on any atom is -0.348 e. The number of rotatable bonds is 6. The zero-order valence-corrected chi connectivity index (χ0v) is 19.1. The van der Waals surface area contributed by atoms with Crippen molar-refractivity contribution in [1.82, 2.24) is 15.5 Å². The Labute approximate surface area is 203 Å². The Morgan fingerprint density at radius 3 is 2.61 bits per heavy atom. The van der Waals surface area contributed by atoms with Crippen molar-refractivity contribution in [2.75, 3.05) is 5.32 Å². The maximum Gasteiger partial charge on any atom is 0.417 e. The van der Waals surface area contributed by atoms with Crippen molar-refractivity contribution in [3.05, 3.63) is 77.0 Å². The molecule has 2 heterocycles. The first-order valence-corrected chi connectivity index (χ1v) is 11.3. The highest BCUT2D eigenvalue weighted by atomic mass is 19.4. The van der Waals surface area contributed by atoms with E-state index >= 15 is 0 Å². The molecule has 5 rings (SSSR count). The fourth-order valence-corrected chi connectivity index (χ4v) is 3.99. The number of halogens is 3. The Kier molecular flexibility index (Phi) is 5.95. The van der Waals surface area contributed by atoms with E-state index in [0.29, 0.717) is 16.8 Å². The normalized spacial score (nSPS) is 13.6. The molecule has 184 valence electrons. The predicted molar refractivity (Wildman–Crippen MR) is 126 cm³/mol. The van der Waals surface area contributed by atoms with Crippen LogP contribution in [0.2, 0.25) is 0 Å². The highest BCUT2D eigenvalue weighted by molar-refractivity contribution is 6.07. The van der Waals surface area contributed by atoms with Crippen LogP contribution in [-0.4, -0.2) is 22.0 Å². The molecular weight excluding hydrogens is 473 g/mol. The van der Waals surface area contributed by atoms with Crippen molar-refractivity contribution >= 4 is 28.6 Å². The molecule has 2 aromatic carbocycles. The van der Waals surface area contributed by atoms with Gasteiger partial charge in [-0.05, 0) is 49.6 Å². The second kappa shape index (κ2) is 9.10. The lowest BCUT2D eigenvalue weighted by Gasteiger charge is -2.13. The van der Waals surface area contributed by atoms with Crippen LogP contribution in [-0.2, 0) is 17.5 Å². The summed E-state index contributed by atoms with van der Waals surface area (Å²) < 4.78 is 46.0. The highest BCUT2D eigenvalue weighted by Crippen LogP contribution is 2.37. The van der Waals surface area contributed by atoms with Gasteiger partial charge in [0.25, 0.3) is 11.6 Å². The van der Waals surface area contributed by atoms with Gasteiger partial charge in [0.2, 0.25) is 5.91 Å². The zero-order valence-electron chi connectivity index (χ0n) is 19.1. The number of pyridine rings is 1. The quantitative estimate of drug-likeness (QED) is 0.369. The summed E-state index contributed by atoms with van der Waals surface area (Å²) in [5.74, 6) is -0.484. The lowest BCUT2D eigenvalue weighted by atomic mass is 10.0. The SMILES string of the molecule is Cc1noc2nc(-c3ccccc3C(F)(F)F)cc(C(=O)NCc3cccc(NC(=O)C4CC4)c3)c12. The number of fused-ring (bicyclic) bond motifs is 1. The first kappa shape index (κ1) is 23.5. The van der Waals surface area contributed by atoms with Crippen LogP contribution in [0.1, 0.15) is 40.0 Å². The summed E-state index contributed by atoms with van der Waals surface area (Å²) in [4.78, 5) is 29.4. The molecule has 1 aliphatic rings. The summed E-state index contributed by atoms with van der Waals surface area (Å²) in [6, 6.07) is 13.4. The molecule has 1 saturated carbocycles. The molecule has 2 N–H and O–H groups in total. The van der Waals surface area contributed by atoms with E-state index in [1.807, 2.05) is 0 Å². The molecule has 0 spiro atoms. The van der Waals surface area contributed by atoms with Gasteiger partial charge in [-0.25, -0.2) is 4.98 Å². The third-order valence-corrected chi connectivity index (χ3v) is 5.97. The van der Waals surface area contributed by atoms with E-state index in [1.165, 1.54) is 24.3 Å². The second-order valence-corrected chi connectivity index (χ2v) is 8.69. The molecule has 1 fully saturated rings. The predicted octanol–water partition coefficient (Wildman–Crippen LogP) is 5.50. The fraction of sp³-hybridized carbons (Fsp3) is 0.231. The summed E-state index contributed by atoms with van der Waals surface area (Å²) in [6.45, 7) is 1.76. The number of aryl methyl sites for hydroxylation is 1. The van der Waals surface area contributed by atoms with Gasteiger partial charge < -0.3 is 15.2 Å². The Morgan fingerprint density at radius 2 is 1.86 bits per heavy atom. The Balaban J connectivity index is 1.43. The van der Waals surface area contributed by atoms with Crippen LogP contribution in [0.4, 0.5) is 18.9 Å². The molecule has 7 nitrogen and oxygen atoms in total. The van der Waals surface area contributed by atoms with Crippen molar-refractivity contribution in [3.8, 4) is 11.3 Å². The minimum absolute atomic E-state index is 0.0232. The van der Waals surface area contributed by atoms with Gasteiger partial charge in [0, 0.05) is 23.7 Å². The molecule has 2 amide bonds. The molecule has 36 heavy (non-hydrogen) atoms. The molecule has 0 saturated heterocycles. The van der Waals surface area contributed by atoms with Crippen LogP contribution in [0.15, 0.2) is 59.1 Å². The molecule has 1 aliphatic carbocycles. The number of hydrogen-bond acceptors (Lipinski definition) is 5. The van der Waals surface area contributed by atoms with Crippen molar-refractivity contribution in [2.45, 2.75) is 32.5 Å². The van der Waals surface area contributed by atoms with Crippen LogP contribution in [0.3, 0.4) is 0 Å². The maximum atomic E-state index is 13.6. The lowest BCUT2D eigenvalue weighted by Crippen LogP contribution is -2.23. The average Bonchev–Trinajstić information content (AvgIpc) is 3.65. The van der Waals surface area contributed by atoms with Crippen LogP contribution in [0.25, 0.3) is 22.4 Å². The molecule has 0 radical (unpaired) electrons. The largest absolute Gasteiger partial charge is 0.417 e. The Morgan fingerprint density at radius 1 is 1.08 bits per heavy atom. The van der Waals surface area contributed by atoms with Crippen LogP contribution >= 0.6 is 0 Å². The number of benzene rings is 2. The standard InChI is InChI=1S/C26H21F3N4O3/c1-14-22-19(24(35)30-13-15-5-4-6-17(11-15)31-23(34)16-9-10-16)12-21(32-25(22)36-33-14)18-7-2-3-8-20(18)26(27,28)29/h2-8,11-12,16H,9-10,13H2,1H3,(H,30,35)(H,31,34). The minimum atomic E-state index is -4.60. The molecular formula is C26H21F3N4O3. The summed E-state index contributed by atoms with van der Waals surface area (Å²) in [5.41, 5.74) is 0.738. The van der Waals surface area contributed by atoms with E-state index in [-0.39, 0.29) is 40.9 Å². The van der Waals surface area contributed by atoms with Crippen LogP contribution in [0.5, 0.6) is 0 Å². The summed E-state index contributed by atoms with van der Waals surface area (Å²) in [7, 11) is 0. The third kappa shape index (κ3) is 4.79. The summed E-state index contributed by atoms with van der Waals surface area (Å²) in [5, 5.41) is 9.82. The zero-order chi connectivity index (χ0) is 25.4. The number of aromatic nitrogens is 2.